The highest BCUT2D eigenvalue weighted by Gasteiger charge is 2.41. The first-order chi connectivity index (χ1) is 9.00. The zero-order chi connectivity index (χ0) is 14.0. The summed E-state index contributed by atoms with van der Waals surface area (Å²) in [4.78, 5) is 22.2. The van der Waals surface area contributed by atoms with Gasteiger partial charge >= 0.3 is 0 Å². The van der Waals surface area contributed by atoms with Gasteiger partial charge < -0.3 is 0 Å². The molecule has 1 aromatic rings. The van der Waals surface area contributed by atoms with Gasteiger partial charge in [0.25, 0.3) is 0 Å². The SMILES string of the molecule is CC(=O)N1[C@@H](C[N+](=O)[O-])C[C@@H](C)N1c1ccccc1. The maximum Gasteiger partial charge on any atom is 0.238 e. The Labute approximate surface area is 111 Å². The smallest absolute Gasteiger partial charge is 0.238 e. The molecule has 0 N–H and O–H groups in total. The van der Waals surface area contributed by atoms with Crippen LogP contribution < -0.4 is 5.01 Å². The van der Waals surface area contributed by atoms with Crippen LogP contribution in [-0.2, 0) is 4.79 Å². The van der Waals surface area contributed by atoms with Crippen molar-refractivity contribution in [3.63, 3.8) is 0 Å². The molecule has 19 heavy (non-hydrogen) atoms. The highest BCUT2D eigenvalue weighted by atomic mass is 16.6. The van der Waals surface area contributed by atoms with Gasteiger partial charge in [-0.2, -0.15) is 0 Å². The zero-order valence-corrected chi connectivity index (χ0v) is 11.0. The first kappa shape index (κ1) is 13.3. The van der Waals surface area contributed by atoms with E-state index >= 15 is 0 Å². The summed E-state index contributed by atoms with van der Waals surface area (Å²) in [6, 6.07) is 9.18. The Morgan fingerprint density at radius 1 is 1.42 bits per heavy atom. The van der Waals surface area contributed by atoms with E-state index in [1.54, 1.807) is 0 Å². The molecule has 1 aliphatic heterocycles. The summed E-state index contributed by atoms with van der Waals surface area (Å²) in [7, 11) is 0. The quantitative estimate of drug-likeness (QED) is 0.615. The third-order valence-corrected chi connectivity index (χ3v) is 3.31. The Morgan fingerprint density at radius 2 is 2.05 bits per heavy atom. The van der Waals surface area contributed by atoms with Gasteiger partial charge in [0.1, 0.15) is 6.04 Å². The minimum atomic E-state index is -0.372. The van der Waals surface area contributed by atoms with Gasteiger partial charge in [-0.25, -0.2) is 5.01 Å². The monoisotopic (exact) mass is 263 g/mol. The van der Waals surface area contributed by atoms with Gasteiger partial charge in [0.05, 0.1) is 11.7 Å². The number of anilines is 1. The van der Waals surface area contributed by atoms with Crippen molar-refractivity contribution >= 4 is 11.6 Å². The van der Waals surface area contributed by atoms with Crippen LogP contribution in [0.4, 0.5) is 5.69 Å². The molecule has 1 fully saturated rings. The van der Waals surface area contributed by atoms with Gasteiger partial charge in [0.15, 0.2) is 0 Å². The molecule has 0 unspecified atom stereocenters. The molecule has 6 nitrogen and oxygen atoms in total. The van der Waals surface area contributed by atoms with Crippen molar-refractivity contribution in [3.05, 3.63) is 40.4 Å². The Bertz CT molecular complexity index is 477. The summed E-state index contributed by atoms with van der Waals surface area (Å²) in [5.74, 6) is -0.167. The molecule has 2 atom stereocenters. The number of hydrogen-bond acceptors (Lipinski definition) is 4. The van der Waals surface area contributed by atoms with E-state index in [0.717, 1.165) is 5.69 Å². The van der Waals surface area contributed by atoms with Crippen molar-refractivity contribution in [3.8, 4) is 0 Å². The zero-order valence-electron chi connectivity index (χ0n) is 11.0. The number of carbonyl (C=O) groups excluding carboxylic acids is 1. The van der Waals surface area contributed by atoms with E-state index < -0.39 is 0 Å². The number of para-hydroxylation sites is 1. The van der Waals surface area contributed by atoms with E-state index in [1.165, 1.54) is 11.9 Å². The Kier molecular flexibility index (Phi) is 3.69. The molecule has 0 spiro atoms. The Balaban J connectivity index is 2.31. The fraction of sp³-hybridized carbons (Fsp3) is 0.462. The second-order valence-electron chi connectivity index (χ2n) is 4.80. The molecule has 0 aliphatic carbocycles. The van der Waals surface area contributed by atoms with E-state index in [1.807, 2.05) is 42.3 Å². The third kappa shape index (κ3) is 2.67. The largest absolute Gasteiger partial charge is 0.280 e. The lowest BCUT2D eigenvalue weighted by Gasteiger charge is -2.33. The topological polar surface area (TPSA) is 66.7 Å². The fourth-order valence-electron chi connectivity index (χ4n) is 2.67. The van der Waals surface area contributed by atoms with Crippen LogP contribution in [-0.4, -0.2) is 34.5 Å². The number of hydrogen-bond donors (Lipinski definition) is 0. The molecule has 0 bridgehead atoms. The number of nitro groups is 1. The van der Waals surface area contributed by atoms with Gasteiger partial charge in [-0.3, -0.25) is 19.9 Å². The molecule has 0 radical (unpaired) electrons. The lowest BCUT2D eigenvalue weighted by molar-refractivity contribution is -0.485. The van der Waals surface area contributed by atoms with Crippen LogP contribution in [0.3, 0.4) is 0 Å². The van der Waals surface area contributed by atoms with Crippen LogP contribution in [0, 0.1) is 10.1 Å². The van der Waals surface area contributed by atoms with E-state index in [2.05, 4.69) is 0 Å². The first-order valence-corrected chi connectivity index (χ1v) is 6.26. The molecule has 1 aliphatic rings. The summed E-state index contributed by atoms with van der Waals surface area (Å²) >= 11 is 0. The van der Waals surface area contributed by atoms with Gasteiger partial charge in [-0.05, 0) is 25.5 Å². The van der Waals surface area contributed by atoms with Crippen LogP contribution in [0.1, 0.15) is 20.3 Å². The molecule has 6 heteroatoms. The number of amides is 1. The predicted molar refractivity (Wildman–Crippen MR) is 71.2 cm³/mol. The van der Waals surface area contributed by atoms with Crippen LogP contribution >= 0.6 is 0 Å². The molecule has 1 heterocycles. The minimum Gasteiger partial charge on any atom is -0.280 e. The second kappa shape index (κ2) is 5.26. The standard InChI is InChI=1S/C13H17N3O3/c1-10-8-13(9-14(18)19)16(11(2)17)15(10)12-6-4-3-5-7-12/h3-7,10,13H,8-9H2,1-2H3/t10-,13-/m1/s1. The summed E-state index contributed by atoms with van der Waals surface area (Å²) in [6.07, 6.45) is 0.607. The maximum atomic E-state index is 11.8. The van der Waals surface area contributed by atoms with Crippen molar-refractivity contribution in [2.24, 2.45) is 0 Å². The molecule has 102 valence electrons. The van der Waals surface area contributed by atoms with E-state index in [-0.39, 0.29) is 29.5 Å². The number of nitrogens with zero attached hydrogens (tertiary/aromatic N) is 3. The number of hydrazine groups is 1. The highest BCUT2D eigenvalue weighted by Crippen LogP contribution is 2.30. The van der Waals surface area contributed by atoms with Crippen molar-refractivity contribution in [2.45, 2.75) is 32.4 Å². The van der Waals surface area contributed by atoms with Crippen LogP contribution in [0.5, 0.6) is 0 Å². The molecule has 0 aromatic heterocycles. The van der Waals surface area contributed by atoms with E-state index in [9.17, 15) is 14.9 Å². The van der Waals surface area contributed by atoms with Crippen LogP contribution in [0.25, 0.3) is 0 Å². The second-order valence-corrected chi connectivity index (χ2v) is 4.80. The lowest BCUT2D eigenvalue weighted by Crippen LogP contribution is -2.48. The summed E-state index contributed by atoms with van der Waals surface area (Å²) in [5.41, 5.74) is 0.885. The highest BCUT2D eigenvalue weighted by molar-refractivity contribution is 5.76. The maximum absolute atomic E-state index is 11.8. The summed E-state index contributed by atoms with van der Waals surface area (Å²) in [5, 5.41) is 14.1. The third-order valence-electron chi connectivity index (χ3n) is 3.31. The van der Waals surface area contributed by atoms with Crippen LogP contribution in [0.15, 0.2) is 30.3 Å². The van der Waals surface area contributed by atoms with E-state index in [4.69, 9.17) is 0 Å². The molecule has 0 saturated carbocycles. The average molecular weight is 263 g/mol. The number of benzene rings is 1. The van der Waals surface area contributed by atoms with Crippen molar-refractivity contribution < 1.29 is 9.72 Å². The molecule has 2 rings (SSSR count). The molecule has 1 aromatic carbocycles. The number of rotatable bonds is 3. The van der Waals surface area contributed by atoms with Gasteiger partial charge in [0, 0.05) is 11.8 Å². The van der Waals surface area contributed by atoms with Gasteiger partial charge in [-0.1, -0.05) is 18.2 Å². The Morgan fingerprint density at radius 3 is 2.58 bits per heavy atom. The Hall–Kier alpha value is -2.11. The van der Waals surface area contributed by atoms with Gasteiger partial charge in [-0.15, -0.1) is 0 Å². The number of carbonyl (C=O) groups is 1. The minimum absolute atomic E-state index is 0.0660. The predicted octanol–water partition coefficient (Wildman–Crippen LogP) is 1.69. The van der Waals surface area contributed by atoms with Crippen LogP contribution in [0.2, 0.25) is 0 Å². The van der Waals surface area contributed by atoms with Gasteiger partial charge in [0.2, 0.25) is 12.5 Å². The first-order valence-electron chi connectivity index (χ1n) is 6.26. The molecule has 1 saturated heterocycles. The molecule has 1 amide bonds. The van der Waals surface area contributed by atoms with Crippen molar-refractivity contribution in [1.82, 2.24) is 5.01 Å². The van der Waals surface area contributed by atoms with Crippen molar-refractivity contribution in [1.29, 1.82) is 0 Å². The molecular weight excluding hydrogens is 246 g/mol. The normalized spacial score (nSPS) is 22.6. The summed E-state index contributed by atoms with van der Waals surface area (Å²) < 4.78 is 0. The lowest BCUT2D eigenvalue weighted by atomic mass is 10.1. The van der Waals surface area contributed by atoms with Crippen molar-refractivity contribution in [2.75, 3.05) is 11.6 Å². The fourth-order valence-corrected chi connectivity index (χ4v) is 2.67. The van der Waals surface area contributed by atoms with E-state index in [0.29, 0.717) is 6.42 Å². The average Bonchev–Trinajstić information content (AvgIpc) is 2.66. The summed E-state index contributed by atoms with van der Waals surface area (Å²) in [6.45, 7) is 3.21. The molecular formula is C13H17N3O3.